The summed E-state index contributed by atoms with van der Waals surface area (Å²) in [7, 11) is 0. The van der Waals surface area contributed by atoms with Crippen LogP contribution in [0.1, 0.15) is 71.9 Å². The SMILES string of the molecule is CCCc1c(OCCCCOc2cc(O)c(C(C)=O)cc2CC)cccc1Oc1ccccc1C(=O)[O-]. The molecule has 0 radical (unpaired) electrons. The molecule has 0 aliphatic carbocycles. The van der Waals surface area contributed by atoms with E-state index < -0.39 is 5.97 Å². The predicted octanol–water partition coefficient (Wildman–Crippen LogP) is 5.50. The fourth-order valence-electron chi connectivity index (χ4n) is 3.99. The summed E-state index contributed by atoms with van der Waals surface area (Å²) in [5, 5.41) is 21.6. The second kappa shape index (κ2) is 13.3. The molecular weight excluding hydrogens is 472 g/mol. The molecule has 196 valence electrons. The van der Waals surface area contributed by atoms with Crippen molar-refractivity contribution in [3.63, 3.8) is 0 Å². The quantitative estimate of drug-likeness (QED) is 0.228. The van der Waals surface area contributed by atoms with E-state index in [1.54, 1.807) is 30.3 Å². The molecule has 37 heavy (non-hydrogen) atoms. The topological polar surface area (TPSA) is 105 Å². The van der Waals surface area contributed by atoms with E-state index in [1.165, 1.54) is 19.1 Å². The minimum absolute atomic E-state index is 0.00764. The Morgan fingerprint density at radius 2 is 1.49 bits per heavy atom. The second-order valence-corrected chi connectivity index (χ2v) is 8.66. The number of hydrogen-bond acceptors (Lipinski definition) is 7. The number of carbonyl (C=O) groups is 2. The van der Waals surface area contributed by atoms with Crippen LogP contribution in [0.25, 0.3) is 0 Å². The maximum Gasteiger partial charge on any atom is 0.163 e. The number of ketones is 1. The molecule has 0 atom stereocenters. The number of para-hydroxylation sites is 1. The zero-order chi connectivity index (χ0) is 26.8. The lowest BCUT2D eigenvalue weighted by Gasteiger charge is -2.18. The molecule has 7 nitrogen and oxygen atoms in total. The molecule has 0 spiro atoms. The Kier molecular flexibility index (Phi) is 9.95. The average molecular weight is 506 g/mol. The highest BCUT2D eigenvalue weighted by molar-refractivity contribution is 5.97. The van der Waals surface area contributed by atoms with Gasteiger partial charge in [-0.2, -0.15) is 0 Å². The van der Waals surface area contributed by atoms with E-state index in [0.717, 1.165) is 30.4 Å². The molecule has 7 heteroatoms. The molecule has 3 rings (SSSR count). The maximum absolute atomic E-state index is 11.7. The molecule has 0 aliphatic heterocycles. The lowest BCUT2D eigenvalue weighted by molar-refractivity contribution is -0.255. The van der Waals surface area contributed by atoms with Crippen LogP contribution in [0.4, 0.5) is 0 Å². The summed E-state index contributed by atoms with van der Waals surface area (Å²) in [5.74, 6) is 0.507. The molecular formula is C30H33O7-. The van der Waals surface area contributed by atoms with Crippen molar-refractivity contribution in [2.24, 2.45) is 0 Å². The molecule has 0 amide bonds. The van der Waals surface area contributed by atoms with Gasteiger partial charge in [0.25, 0.3) is 0 Å². The number of phenolic OH excluding ortho intramolecular Hbond substituents is 1. The van der Waals surface area contributed by atoms with E-state index in [1.807, 2.05) is 19.1 Å². The summed E-state index contributed by atoms with van der Waals surface area (Å²) >= 11 is 0. The molecule has 0 saturated carbocycles. The number of rotatable bonds is 14. The monoisotopic (exact) mass is 505 g/mol. The first-order valence-electron chi connectivity index (χ1n) is 12.6. The molecule has 0 heterocycles. The third-order valence-corrected chi connectivity index (χ3v) is 5.91. The van der Waals surface area contributed by atoms with Gasteiger partial charge in [-0.15, -0.1) is 0 Å². The number of benzene rings is 3. The van der Waals surface area contributed by atoms with Crippen molar-refractivity contribution in [3.05, 3.63) is 76.9 Å². The van der Waals surface area contributed by atoms with Gasteiger partial charge in [-0.3, -0.25) is 4.79 Å². The Labute approximate surface area is 217 Å². The first-order valence-corrected chi connectivity index (χ1v) is 12.6. The summed E-state index contributed by atoms with van der Waals surface area (Å²) in [6.07, 6.45) is 3.73. The molecule has 0 fully saturated rings. The molecule has 3 aromatic carbocycles. The van der Waals surface area contributed by atoms with Crippen LogP contribution < -0.4 is 19.3 Å². The van der Waals surface area contributed by atoms with Crippen LogP contribution in [-0.4, -0.2) is 30.1 Å². The zero-order valence-corrected chi connectivity index (χ0v) is 21.5. The van der Waals surface area contributed by atoms with Crippen LogP contribution >= 0.6 is 0 Å². The minimum Gasteiger partial charge on any atom is -0.545 e. The zero-order valence-electron chi connectivity index (χ0n) is 21.5. The maximum atomic E-state index is 11.7. The van der Waals surface area contributed by atoms with Gasteiger partial charge >= 0.3 is 0 Å². The van der Waals surface area contributed by atoms with Gasteiger partial charge in [0.2, 0.25) is 0 Å². The van der Waals surface area contributed by atoms with Gasteiger partial charge in [0.1, 0.15) is 28.7 Å². The van der Waals surface area contributed by atoms with E-state index in [-0.39, 0.29) is 22.8 Å². The number of carboxylic acids is 1. The summed E-state index contributed by atoms with van der Waals surface area (Å²) in [5.41, 5.74) is 2.05. The lowest BCUT2D eigenvalue weighted by Crippen LogP contribution is -2.22. The van der Waals surface area contributed by atoms with Crippen LogP contribution in [-0.2, 0) is 12.8 Å². The Balaban J connectivity index is 1.59. The van der Waals surface area contributed by atoms with Crippen molar-refractivity contribution in [2.75, 3.05) is 13.2 Å². The molecule has 1 N–H and O–H groups in total. The van der Waals surface area contributed by atoms with Crippen LogP contribution in [0.15, 0.2) is 54.6 Å². The number of aryl methyl sites for hydroxylation is 1. The number of aromatic hydroxyl groups is 1. The molecule has 0 bridgehead atoms. The fourth-order valence-corrected chi connectivity index (χ4v) is 3.99. The van der Waals surface area contributed by atoms with Crippen LogP contribution in [0.2, 0.25) is 0 Å². The van der Waals surface area contributed by atoms with E-state index in [4.69, 9.17) is 14.2 Å². The Hall–Kier alpha value is -4.00. The fraction of sp³-hybridized carbons (Fsp3) is 0.333. The highest BCUT2D eigenvalue weighted by Crippen LogP contribution is 2.34. The third kappa shape index (κ3) is 7.26. The van der Waals surface area contributed by atoms with Crippen molar-refractivity contribution in [2.45, 2.75) is 52.9 Å². The van der Waals surface area contributed by atoms with E-state index in [2.05, 4.69) is 6.92 Å². The normalized spacial score (nSPS) is 10.7. The number of hydrogen-bond donors (Lipinski definition) is 1. The van der Waals surface area contributed by atoms with E-state index >= 15 is 0 Å². The summed E-state index contributed by atoms with van der Waals surface area (Å²) in [4.78, 5) is 23.1. The summed E-state index contributed by atoms with van der Waals surface area (Å²) < 4.78 is 17.9. The molecule has 0 unspecified atom stereocenters. The Bertz CT molecular complexity index is 1230. The predicted molar refractivity (Wildman–Crippen MR) is 139 cm³/mol. The molecule has 0 aliphatic rings. The number of Topliss-reactive ketones (excluding diaryl/α,β-unsaturated/α-hetero) is 1. The van der Waals surface area contributed by atoms with Crippen LogP contribution in [0, 0.1) is 0 Å². The second-order valence-electron chi connectivity index (χ2n) is 8.66. The van der Waals surface area contributed by atoms with Crippen molar-refractivity contribution >= 4 is 11.8 Å². The van der Waals surface area contributed by atoms with Gasteiger partial charge in [-0.1, -0.05) is 38.5 Å². The number of unbranched alkanes of at least 4 members (excludes halogenated alkanes) is 1. The average Bonchev–Trinajstić information content (AvgIpc) is 2.87. The third-order valence-electron chi connectivity index (χ3n) is 5.91. The first kappa shape index (κ1) is 27.6. The van der Waals surface area contributed by atoms with Gasteiger partial charge < -0.3 is 29.2 Å². The van der Waals surface area contributed by atoms with Gasteiger partial charge in [-0.25, -0.2) is 0 Å². The molecule has 0 saturated heterocycles. The number of carboxylic acid groups (broad SMARTS) is 1. The minimum atomic E-state index is -1.29. The standard InChI is InChI=1S/C30H34O7/c1-4-11-22-26(14-10-15-27(22)37-28-13-7-6-12-23(28)30(33)34)35-16-8-9-17-36-29-19-25(32)24(20(3)31)18-21(29)5-2/h6-7,10,12-15,18-19,32H,4-5,8-9,11,16-17H2,1-3H3,(H,33,34)/p-1. The number of phenols is 1. The van der Waals surface area contributed by atoms with Crippen molar-refractivity contribution < 1.29 is 34.0 Å². The number of ether oxygens (including phenoxy) is 3. The first-order chi connectivity index (χ1) is 17.8. The van der Waals surface area contributed by atoms with Gasteiger partial charge in [-0.05, 0) is 68.5 Å². The smallest absolute Gasteiger partial charge is 0.163 e. The van der Waals surface area contributed by atoms with Gasteiger partial charge in [0, 0.05) is 17.2 Å². The van der Waals surface area contributed by atoms with E-state index in [0.29, 0.717) is 48.9 Å². The highest BCUT2D eigenvalue weighted by atomic mass is 16.5. The van der Waals surface area contributed by atoms with Gasteiger partial charge in [0.15, 0.2) is 5.78 Å². The Morgan fingerprint density at radius 3 is 2.14 bits per heavy atom. The van der Waals surface area contributed by atoms with Crippen molar-refractivity contribution in [3.8, 4) is 28.7 Å². The van der Waals surface area contributed by atoms with Crippen molar-refractivity contribution in [1.82, 2.24) is 0 Å². The lowest BCUT2D eigenvalue weighted by atomic mass is 10.0. The number of carbonyl (C=O) groups excluding carboxylic acids is 2. The van der Waals surface area contributed by atoms with Gasteiger partial charge in [0.05, 0.1) is 24.7 Å². The van der Waals surface area contributed by atoms with Crippen LogP contribution in [0.3, 0.4) is 0 Å². The number of aromatic carboxylic acids is 1. The Morgan fingerprint density at radius 1 is 0.838 bits per heavy atom. The molecule has 0 aromatic heterocycles. The van der Waals surface area contributed by atoms with Crippen molar-refractivity contribution in [1.29, 1.82) is 0 Å². The summed E-state index contributed by atoms with van der Waals surface area (Å²) in [6.45, 7) is 6.36. The molecule has 3 aromatic rings. The highest BCUT2D eigenvalue weighted by Gasteiger charge is 2.14. The largest absolute Gasteiger partial charge is 0.545 e. The van der Waals surface area contributed by atoms with Crippen LogP contribution in [0.5, 0.6) is 28.7 Å². The van der Waals surface area contributed by atoms with E-state index in [9.17, 15) is 19.8 Å². The summed E-state index contributed by atoms with van der Waals surface area (Å²) in [6, 6.07) is 15.1.